The molecule has 1 N–H and O–H groups in total. The van der Waals surface area contributed by atoms with Crippen LogP contribution < -0.4 is 10.9 Å². The predicted octanol–water partition coefficient (Wildman–Crippen LogP) is 2.90. The average Bonchev–Trinajstić information content (AvgIpc) is 3.27. The highest BCUT2D eigenvalue weighted by Crippen LogP contribution is 2.37. The Labute approximate surface area is 190 Å². The fraction of sp³-hybridized carbons (Fsp3) is 0.304. The van der Waals surface area contributed by atoms with E-state index in [2.05, 4.69) is 5.32 Å². The smallest absolute Gasteiger partial charge is 0.250 e. The molecule has 2 aliphatic rings. The van der Waals surface area contributed by atoms with E-state index in [1.54, 1.807) is 41.0 Å². The molecule has 2 atom stereocenters. The highest BCUT2D eigenvalue weighted by Gasteiger charge is 2.39. The number of benzene rings is 1. The summed E-state index contributed by atoms with van der Waals surface area (Å²) in [5.41, 5.74) is 1.46. The maximum atomic E-state index is 13.3. The molecule has 9 heteroatoms. The second-order valence-corrected chi connectivity index (χ2v) is 11.3. The first kappa shape index (κ1) is 21.1. The number of fused-ring (bicyclic) bond motifs is 4. The van der Waals surface area contributed by atoms with Crippen molar-refractivity contribution in [2.24, 2.45) is 5.92 Å². The van der Waals surface area contributed by atoms with Crippen molar-refractivity contribution in [3.8, 4) is 0 Å². The van der Waals surface area contributed by atoms with Crippen molar-refractivity contribution in [3.05, 3.63) is 80.9 Å². The monoisotopic (exact) mass is 469 g/mol. The molecule has 1 saturated heterocycles. The summed E-state index contributed by atoms with van der Waals surface area (Å²) in [5.74, 6) is -0.00486. The zero-order valence-corrected chi connectivity index (χ0v) is 18.9. The molecule has 0 unspecified atom stereocenters. The van der Waals surface area contributed by atoms with Gasteiger partial charge < -0.3 is 9.88 Å². The van der Waals surface area contributed by atoms with Crippen LogP contribution in [0, 0.1) is 5.92 Å². The Hall–Kier alpha value is -2.75. The largest absolute Gasteiger partial charge is 0.326 e. The number of sulfonamides is 1. The fourth-order valence-corrected chi connectivity index (χ4v) is 6.95. The Morgan fingerprint density at radius 1 is 1.03 bits per heavy atom. The van der Waals surface area contributed by atoms with Crippen LogP contribution in [0.1, 0.15) is 22.9 Å². The summed E-state index contributed by atoms with van der Waals surface area (Å²) in [6, 6.07) is 15.4. The number of rotatable bonds is 5. The molecule has 2 aromatic heterocycles. The van der Waals surface area contributed by atoms with Gasteiger partial charge in [0.15, 0.2) is 0 Å². The van der Waals surface area contributed by atoms with Crippen LogP contribution in [0.25, 0.3) is 0 Å². The van der Waals surface area contributed by atoms with E-state index in [0.29, 0.717) is 31.7 Å². The Balaban J connectivity index is 1.31. The molecule has 0 radical (unpaired) electrons. The predicted molar refractivity (Wildman–Crippen MR) is 123 cm³/mol. The maximum Gasteiger partial charge on any atom is 0.250 e. The first-order valence-electron chi connectivity index (χ1n) is 10.5. The number of carbonyl (C=O) groups excluding carboxylic acids is 1. The lowest BCUT2D eigenvalue weighted by molar-refractivity contribution is -0.115. The van der Waals surface area contributed by atoms with Crippen LogP contribution >= 0.6 is 11.3 Å². The second kappa shape index (κ2) is 8.31. The first-order chi connectivity index (χ1) is 15.4. The van der Waals surface area contributed by atoms with Gasteiger partial charge in [-0.2, -0.15) is 4.31 Å². The average molecular weight is 470 g/mol. The van der Waals surface area contributed by atoms with Gasteiger partial charge in [0, 0.05) is 47.9 Å². The molecule has 5 rings (SSSR count). The van der Waals surface area contributed by atoms with E-state index >= 15 is 0 Å². The molecule has 1 fully saturated rings. The Morgan fingerprint density at radius 3 is 2.59 bits per heavy atom. The van der Waals surface area contributed by atoms with Gasteiger partial charge in [-0.1, -0.05) is 12.1 Å². The van der Waals surface area contributed by atoms with Gasteiger partial charge in [-0.3, -0.25) is 9.59 Å². The third kappa shape index (κ3) is 4.03. The number of nitrogens with one attached hydrogen (secondary N) is 1. The molecule has 0 saturated carbocycles. The second-order valence-electron chi connectivity index (χ2n) is 8.35. The quantitative estimate of drug-likeness (QED) is 0.622. The van der Waals surface area contributed by atoms with Crippen LogP contribution in [0.15, 0.2) is 69.7 Å². The number of pyridine rings is 1. The van der Waals surface area contributed by atoms with Crippen molar-refractivity contribution in [2.75, 3.05) is 18.4 Å². The van der Waals surface area contributed by atoms with Gasteiger partial charge in [-0.25, -0.2) is 8.42 Å². The minimum atomic E-state index is -3.67. The highest BCUT2D eigenvalue weighted by molar-refractivity contribution is 7.89. The van der Waals surface area contributed by atoms with Gasteiger partial charge >= 0.3 is 0 Å². The normalized spacial score (nSPS) is 20.5. The third-order valence-corrected chi connectivity index (χ3v) is 8.86. The number of hydrogen-bond acceptors (Lipinski definition) is 5. The fourth-order valence-electron chi connectivity index (χ4n) is 4.68. The van der Waals surface area contributed by atoms with Crippen molar-refractivity contribution < 1.29 is 13.2 Å². The van der Waals surface area contributed by atoms with Crippen LogP contribution in [0.4, 0.5) is 5.69 Å². The lowest BCUT2D eigenvalue weighted by atomic mass is 9.84. The molecule has 32 heavy (non-hydrogen) atoms. The lowest BCUT2D eigenvalue weighted by Gasteiger charge is -2.42. The van der Waals surface area contributed by atoms with E-state index in [1.807, 2.05) is 23.6 Å². The van der Waals surface area contributed by atoms with Gasteiger partial charge in [0.2, 0.25) is 15.9 Å². The molecule has 1 amide bonds. The van der Waals surface area contributed by atoms with Crippen molar-refractivity contribution >= 4 is 33.0 Å². The van der Waals surface area contributed by atoms with E-state index in [-0.39, 0.29) is 28.2 Å². The summed E-state index contributed by atoms with van der Waals surface area (Å²) in [6.07, 6.45) is 1.18. The van der Waals surface area contributed by atoms with Crippen molar-refractivity contribution in [2.45, 2.75) is 30.2 Å². The molecule has 2 aliphatic heterocycles. The number of thiophene rings is 1. The highest BCUT2D eigenvalue weighted by atomic mass is 32.2. The number of piperidine rings is 1. The number of amides is 1. The summed E-state index contributed by atoms with van der Waals surface area (Å²) in [6.45, 7) is 1.31. The number of aromatic nitrogens is 1. The van der Waals surface area contributed by atoms with Crippen LogP contribution in [-0.4, -0.2) is 36.3 Å². The van der Waals surface area contributed by atoms with Gasteiger partial charge in [0.25, 0.3) is 5.56 Å². The topological polar surface area (TPSA) is 88.5 Å². The molecule has 0 spiro atoms. The van der Waals surface area contributed by atoms with Crippen molar-refractivity contribution in [1.29, 1.82) is 0 Å². The maximum absolute atomic E-state index is 13.3. The van der Waals surface area contributed by atoms with E-state index in [1.165, 1.54) is 15.6 Å². The lowest BCUT2D eigenvalue weighted by Crippen LogP contribution is -2.48. The molecular weight excluding hydrogens is 446 g/mol. The zero-order valence-electron chi connectivity index (χ0n) is 17.3. The van der Waals surface area contributed by atoms with E-state index < -0.39 is 10.0 Å². The number of carbonyl (C=O) groups is 1. The van der Waals surface area contributed by atoms with Crippen molar-refractivity contribution in [1.82, 2.24) is 8.87 Å². The molecular formula is C23H23N3O4S2. The standard InChI is InChI=1S/C23H23N3O4S2/c27-22(12-19-3-2-10-31-19)24-18-6-8-20(9-7-18)32(29,30)25-13-16-11-17(15-25)21-4-1-5-23(28)26(21)14-16/h1-10,16-17H,11-15H2,(H,24,27)/t16-,17+/m1/s1. The Kier molecular flexibility index (Phi) is 5.48. The van der Waals surface area contributed by atoms with E-state index in [4.69, 9.17) is 0 Å². The number of anilines is 1. The van der Waals surface area contributed by atoms with Gasteiger partial charge in [0.1, 0.15) is 0 Å². The minimum absolute atomic E-state index is 0.0157. The SMILES string of the molecule is O=C(Cc1cccs1)Nc1ccc(S(=O)(=O)N2C[C@H]3C[C@@H](C2)c2cccc(=O)n2C3)cc1. The molecule has 7 nitrogen and oxygen atoms in total. The summed E-state index contributed by atoms with van der Waals surface area (Å²) < 4.78 is 30.0. The van der Waals surface area contributed by atoms with Crippen LogP contribution in [-0.2, 0) is 27.8 Å². The third-order valence-electron chi connectivity index (χ3n) is 6.14. The van der Waals surface area contributed by atoms with Crippen LogP contribution in [0.2, 0.25) is 0 Å². The van der Waals surface area contributed by atoms with Crippen LogP contribution in [0.5, 0.6) is 0 Å². The van der Waals surface area contributed by atoms with Gasteiger partial charge in [0.05, 0.1) is 11.3 Å². The molecule has 2 bridgehead atoms. The molecule has 4 heterocycles. The molecule has 3 aromatic rings. The Bertz CT molecular complexity index is 1300. The molecule has 166 valence electrons. The summed E-state index contributed by atoms with van der Waals surface area (Å²) in [4.78, 5) is 25.6. The summed E-state index contributed by atoms with van der Waals surface area (Å²) in [7, 11) is -3.67. The summed E-state index contributed by atoms with van der Waals surface area (Å²) in [5, 5.41) is 4.74. The van der Waals surface area contributed by atoms with Crippen LogP contribution in [0.3, 0.4) is 0 Å². The molecule has 0 aliphatic carbocycles. The zero-order chi connectivity index (χ0) is 22.3. The van der Waals surface area contributed by atoms with Crippen molar-refractivity contribution in [3.63, 3.8) is 0 Å². The summed E-state index contributed by atoms with van der Waals surface area (Å²) >= 11 is 1.52. The molecule has 1 aromatic carbocycles. The number of hydrogen-bond donors (Lipinski definition) is 1. The van der Waals surface area contributed by atoms with E-state index in [0.717, 1.165) is 17.0 Å². The van der Waals surface area contributed by atoms with Gasteiger partial charge in [-0.15, -0.1) is 11.3 Å². The van der Waals surface area contributed by atoms with E-state index in [9.17, 15) is 18.0 Å². The minimum Gasteiger partial charge on any atom is -0.326 e. The van der Waals surface area contributed by atoms with Gasteiger partial charge in [-0.05, 0) is 54.1 Å². The first-order valence-corrected chi connectivity index (χ1v) is 12.8. The Morgan fingerprint density at radius 2 is 1.84 bits per heavy atom. The number of nitrogens with zero attached hydrogens (tertiary/aromatic N) is 2.